The number of carbonyl (C=O) groups is 1. The van der Waals surface area contributed by atoms with Crippen LogP contribution in [-0.4, -0.2) is 42.1 Å². The molecule has 0 unspecified atom stereocenters. The average molecular weight is 410 g/mol. The SMILES string of the molecule is CC(C)Cn1c([C@@H]2CCCN2C(=O)CCc2n[nH]c(=O)[nH]c2=O)nc2ccccc21. The minimum Gasteiger partial charge on any atom is -0.332 e. The lowest BCUT2D eigenvalue weighted by Gasteiger charge is -2.25. The van der Waals surface area contributed by atoms with E-state index in [0.717, 1.165) is 36.2 Å². The van der Waals surface area contributed by atoms with E-state index in [0.29, 0.717) is 12.5 Å². The van der Waals surface area contributed by atoms with Gasteiger partial charge in [0.1, 0.15) is 11.5 Å². The van der Waals surface area contributed by atoms with Gasteiger partial charge in [0.05, 0.1) is 17.1 Å². The number of aromatic amines is 2. The van der Waals surface area contributed by atoms with E-state index in [4.69, 9.17) is 4.98 Å². The van der Waals surface area contributed by atoms with Crippen LogP contribution in [0.3, 0.4) is 0 Å². The van der Waals surface area contributed by atoms with Crippen LogP contribution in [0.25, 0.3) is 11.0 Å². The molecule has 3 heterocycles. The number of hydrogen-bond donors (Lipinski definition) is 2. The Morgan fingerprint density at radius 3 is 2.83 bits per heavy atom. The van der Waals surface area contributed by atoms with Crippen molar-refractivity contribution in [1.82, 2.24) is 29.6 Å². The van der Waals surface area contributed by atoms with Crippen LogP contribution >= 0.6 is 0 Å². The van der Waals surface area contributed by atoms with Crippen molar-refractivity contribution < 1.29 is 4.79 Å². The van der Waals surface area contributed by atoms with Gasteiger partial charge in [0, 0.05) is 25.9 Å². The molecule has 1 amide bonds. The van der Waals surface area contributed by atoms with Crippen LogP contribution in [0.2, 0.25) is 0 Å². The molecule has 1 fully saturated rings. The van der Waals surface area contributed by atoms with E-state index in [9.17, 15) is 14.4 Å². The van der Waals surface area contributed by atoms with Crippen molar-refractivity contribution in [3.63, 3.8) is 0 Å². The summed E-state index contributed by atoms with van der Waals surface area (Å²) < 4.78 is 2.24. The van der Waals surface area contributed by atoms with Crippen molar-refractivity contribution in [2.45, 2.75) is 52.1 Å². The predicted molar refractivity (Wildman–Crippen MR) is 112 cm³/mol. The molecule has 0 radical (unpaired) electrons. The highest BCUT2D eigenvalue weighted by atomic mass is 16.2. The molecule has 1 saturated heterocycles. The van der Waals surface area contributed by atoms with E-state index in [1.807, 2.05) is 23.1 Å². The summed E-state index contributed by atoms with van der Waals surface area (Å²) in [5, 5.41) is 5.97. The van der Waals surface area contributed by atoms with Gasteiger partial charge in [0.2, 0.25) is 5.91 Å². The van der Waals surface area contributed by atoms with E-state index in [2.05, 4.69) is 39.7 Å². The minimum atomic E-state index is -0.654. The molecule has 2 N–H and O–H groups in total. The number of nitrogens with zero attached hydrogens (tertiary/aromatic N) is 4. The zero-order valence-electron chi connectivity index (χ0n) is 17.2. The zero-order chi connectivity index (χ0) is 21.3. The van der Waals surface area contributed by atoms with Gasteiger partial charge in [-0.1, -0.05) is 26.0 Å². The summed E-state index contributed by atoms with van der Waals surface area (Å²) in [6, 6.07) is 7.99. The van der Waals surface area contributed by atoms with Crippen molar-refractivity contribution >= 4 is 16.9 Å². The number of likely N-dealkylation sites (tertiary alicyclic amines) is 1. The number of para-hydroxylation sites is 2. The first-order chi connectivity index (χ1) is 14.4. The summed E-state index contributed by atoms with van der Waals surface area (Å²) in [7, 11) is 0. The molecular weight excluding hydrogens is 384 g/mol. The first kappa shape index (κ1) is 20.1. The van der Waals surface area contributed by atoms with Gasteiger partial charge in [0.15, 0.2) is 0 Å². The number of H-pyrrole nitrogens is 2. The number of fused-ring (bicyclic) bond motifs is 1. The highest BCUT2D eigenvalue weighted by Crippen LogP contribution is 2.34. The second kappa shape index (κ2) is 8.25. The first-order valence-electron chi connectivity index (χ1n) is 10.4. The predicted octanol–water partition coefficient (Wildman–Crippen LogP) is 1.76. The molecule has 0 saturated carbocycles. The molecule has 2 aromatic heterocycles. The lowest BCUT2D eigenvalue weighted by atomic mass is 10.1. The third kappa shape index (κ3) is 3.92. The Bertz CT molecular complexity index is 1180. The summed E-state index contributed by atoms with van der Waals surface area (Å²) in [6.45, 7) is 5.85. The van der Waals surface area contributed by atoms with Crippen molar-refractivity contribution in [2.24, 2.45) is 5.92 Å². The quantitative estimate of drug-likeness (QED) is 0.642. The zero-order valence-corrected chi connectivity index (χ0v) is 17.2. The van der Waals surface area contributed by atoms with Gasteiger partial charge in [0.25, 0.3) is 5.56 Å². The molecule has 9 heteroatoms. The van der Waals surface area contributed by atoms with Gasteiger partial charge in [-0.15, -0.1) is 0 Å². The number of benzene rings is 1. The fourth-order valence-corrected chi connectivity index (χ4v) is 4.15. The van der Waals surface area contributed by atoms with Gasteiger partial charge in [-0.05, 0) is 30.9 Å². The number of amides is 1. The molecule has 4 rings (SSSR count). The topological polar surface area (TPSA) is 117 Å². The summed E-state index contributed by atoms with van der Waals surface area (Å²) in [4.78, 5) is 44.8. The fraction of sp³-hybridized carbons (Fsp3) is 0.476. The number of hydrogen-bond acceptors (Lipinski definition) is 5. The largest absolute Gasteiger partial charge is 0.342 e. The molecule has 158 valence electrons. The summed E-state index contributed by atoms with van der Waals surface area (Å²) >= 11 is 0. The highest BCUT2D eigenvalue weighted by Gasteiger charge is 2.33. The normalized spacial score (nSPS) is 16.6. The van der Waals surface area contributed by atoms with Crippen LogP contribution in [0.4, 0.5) is 0 Å². The molecule has 0 spiro atoms. The van der Waals surface area contributed by atoms with E-state index < -0.39 is 11.2 Å². The van der Waals surface area contributed by atoms with E-state index in [-0.39, 0.29) is 30.5 Å². The molecular formula is C21H26N6O3. The smallest absolute Gasteiger partial charge is 0.332 e. The van der Waals surface area contributed by atoms with Crippen molar-refractivity contribution in [1.29, 1.82) is 0 Å². The number of rotatable bonds is 6. The number of carbonyl (C=O) groups excluding carboxylic acids is 1. The van der Waals surface area contributed by atoms with Crippen molar-refractivity contribution in [3.05, 3.63) is 56.6 Å². The minimum absolute atomic E-state index is 0.0342. The molecule has 1 aliphatic rings. The Labute approximate surface area is 173 Å². The van der Waals surface area contributed by atoms with Crippen LogP contribution in [0, 0.1) is 5.92 Å². The molecule has 3 aromatic rings. The standard InChI is InChI=1S/C21H26N6O3/c1-13(2)12-27-16-7-4-3-6-14(16)22-19(27)17-8-5-11-26(17)18(28)10-9-15-20(29)23-21(30)25-24-15/h3-4,6-7,13,17H,5,8-12H2,1-2H3,(H2,23,25,29,30)/t17-/m0/s1. The number of nitrogens with one attached hydrogen (secondary N) is 2. The summed E-state index contributed by atoms with van der Waals surface area (Å²) in [5.74, 6) is 1.34. The van der Waals surface area contributed by atoms with Crippen molar-refractivity contribution in [3.8, 4) is 0 Å². The average Bonchev–Trinajstić information content (AvgIpc) is 3.32. The molecule has 1 atom stereocenters. The van der Waals surface area contributed by atoms with E-state index >= 15 is 0 Å². The lowest BCUT2D eigenvalue weighted by Crippen LogP contribution is -2.33. The van der Waals surface area contributed by atoms with Crippen LogP contribution in [0.15, 0.2) is 33.9 Å². The maximum atomic E-state index is 13.0. The second-order valence-electron chi connectivity index (χ2n) is 8.16. The van der Waals surface area contributed by atoms with E-state index in [1.165, 1.54) is 0 Å². The summed E-state index contributed by atoms with van der Waals surface area (Å²) in [6.07, 6.45) is 2.11. The summed E-state index contributed by atoms with van der Waals surface area (Å²) in [5.41, 5.74) is 0.980. The van der Waals surface area contributed by atoms with E-state index in [1.54, 1.807) is 0 Å². The van der Waals surface area contributed by atoms with Crippen molar-refractivity contribution in [2.75, 3.05) is 6.54 Å². The third-order valence-corrected chi connectivity index (χ3v) is 5.46. The first-order valence-corrected chi connectivity index (χ1v) is 10.4. The van der Waals surface area contributed by atoms with Crippen LogP contribution in [0.1, 0.15) is 50.7 Å². The second-order valence-corrected chi connectivity index (χ2v) is 8.16. The Hall–Kier alpha value is -3.23. The lowest BCUT2D eigenvalue weighted by molar-refractivity contribution is -0.132. The molecule has 0 bridgehead atoms. The molecule has 30 heavy (non-hydrogen) atoms. The monoisotopic (exact) mass is 410 g/mol. The number of aryl methyl sites for hydroxylation is 1. The molecule has 1 aliphatic heterocycles. The number of imidazole rings is 1. The van der Waals surface area contributed by atoms with Gasteiger partial charge >= 0.3 is 5.69 Å². The molecule has 0 aliphatic carbocycles. The van der Waals surface area contributed by atoms with Crippen LogP contribution in [-0.2, 0) is 17.8 Å². The Morgan fingerprint density at radius 2 is 2.07 bits per heavy atom. The van der Waals surface area contributed by atoms with Gasteiger partial charge < -0.3 is 9.47 Å². The van der Waals surface area contributed by atoms with Gasteiger partial charge in [-0.25, -0.2) is 14.9 Å². The third-order valence-electron chi connectivity index (χ3n) is 5.46. The maximum absolute atomic E-state index is 13.0. The van der Waals surface area contributed by atoms with Crippen LogP contribution in [0.5, 0.6) is 0 Å². The number of aromatic nitrogens is 5. The molecule has 1 aromatic carbocycles. The van der Waals surface area contributed by atoms with Crippen LogP contribution < -0.4 is 11.2 Å². The van der Waals surface area contributed by atoms with Gasteiger partial charge in [-0.2, -0.15) is 5.10 Å². The molecule has 9 nitrogen and oxygen atoms in total. The Morgan fingerprint density at radius 1 is 1.27 bits per heavy atom. The Kier molecular flexibility index (Phi) is 5.52. The van der Waals surface area contributed by atoms with Gasteiger partial charge in [-0.3, -0.25) is 14.6 Å². The fourth-order valence-electron chi connectivity index (χ4n) is 4.15. The Balaban J connectivity index is 1.58. The maximum Gasteiger partial charge on any atom is 0.342 e. The highest BCUT2D eigenvalue weighted by molar-refractivity contribution is 5.78.